The standard InChI is InChI=1S/C14H13FN6O/c1-7(22)19-10-4-3-8(5-9(10)15)12-11-13(16)17-6-18-14(11)21(2)20-12/h3-6H,1-2H3,(H,19,22)(H2,16,17,18). The average molecular weight is 300 g/mol. The molecule has 1 amide bonds. The summed E-state index contributed by atoms with van der Waals surface area (Å²) in [7, 11) is 1.72. The average Bonchev–Trinajstić information content (AvgIpc) is 2.80. The molecule has 0 aliphatic carbocycles. The number of nitrogen functional groups attached to an aromatic ring is 1. The SMILES string of the molecule is CC(=O)Nc1ccc(-c2nn(C)c3ncnc(N)c23)cc1F. The molecule has 3 N–H and O–H groups in total. The number of halogens is 1. The van der Waals surface area contributed by atoms with E-state index in [-0.39, 0.29) is 17.4 Å². The zero-order valence-corrected chi connectivity index (χ0v) is 12.0. The normalized spacial score (nSPS) is 10.9. The molecule has 0 saturated carbocycles. The first kappa shape index (κ1) is 13.9. The minimum Gasteiger partial charge on any atom is -0.383 e. The van der Waals surface area contributed by atoms with Crippen LogP contribution >= 0.6 is 0 Å². The van der Waals surface area contributed by atoms with Gasteiger partial charge in [-0.1, -0.05) is 6.07 Å². The van der Waals surface area contributed by atoms with Crippen molar-refractivity contribution in [2.24, 2.45) is 7.05 Å². The van der Waals surface area contributed by atoms with Gasteiger partial charge in [0.1, 0.15) is 23.7 Å². The molecule has 0 saturated heterocycles. The van der Waals surface area contributed by atoms with Crippen molar-refractivity contribution >= 4 is 28.4 Å². The monoisotopic (exact) mass is 300 g/mol. The molecule has 0 aliphatic heterocycles. The molecule has 0 unspecified atom stereocenters. The zero-order valence-electron chi connectivity index (χ0n) is 12.0. The summed E-state index contributed by atoms with van der Waals surface area (Å²) in [4.78, 5) is 19.1. The Kier molecular flexibility index (Phi) is 3.21. The van der Waals surface area contributed by atoms with Crippen molar-refractivity contribution in [1.82, 2.24) is 19.7 Å². The molecular weight excluding hydrogens is 287 g/mol. The molecule has 2 heterocycles. The highest BCUT2D eigenvalue weighted by molar-refractivity contribution is 5.98. The number of rotatable bonds is 2. The lowest BCUT2D eigenvalue weighted by molar-refractivity contribution is -0.114. The number of amides is 1. The van der Waals surface area contributed by atoms with Gasteiger partial charge in [0, 0.05) is 19.5 Å². The van der Waals surface area contributed by atoms with E-state index < -0.39 is 5.82 Å². The molecule has 112 valence electrons. The van der Waals surface area contributed by atoms with Gasteiger partial charge >= 0.3 is 0 Å². The number of nitrogens with two attached hydrogens (primary N) is 1. The van der Waals surface area contributed by atoms with Crippen LogP contribution in [0.2, 0.25) is 0 Å². The number of aryl methyl sites for hydroxylation is 1. The molecule has 7 nitrogen and oxygen atoms in total. The predicted octanol–water partition coefficient (Wildman–Crippen LogP) is 1.71. The van der Waals surface area contributed by atoms with Crippen LogP contribution in [0.3, 0.4) is 0 Å². The molecule has 0 spiro atoms. The number of hydrogen-bond acceptors (Lipinski definition) is 5. The number of anilines is 2. The van der Waals surface area contributed by atoms with Gasteiger partial charge in [0.25, 0.3) is 0 Å². The summed E-state index contributed by atoms with van der Waals surface area (Å²) in [6.07, 6.45) is 1.35. The van der Waals surface area contributed by atoms with Crippen molar-refractivity contribution in [2.75, 3.05) is 11.1 Å². The Bertz CT molecular complexity index is 888. The molecule has 0 radical (unpaired) electrons. The molecule has 0 bridgehead atoms. The maximum atomic E-state index is 14.1. The first-order valence-electron chi connectivity index (χ1n) is 6.48. The lowest BCUT2D eigenvalue weighted by Crippen LogP contribution is -2.07. The molecule has 22 heavy (non-hydrogen) atoms. The van der Waals surface area contributed by atoms with E-state index in [1.54, 1.807) is 17.8 Å². The van der Waals surface area contributed by atoms with Crippen molar-refractivity contribution in [3.05, 3.63) is 30.3 Å². The van der Waals surface area contributed by atoms with Crippen LogP contribution < -0.4 is 11.1 Å². The van der Waals surface area contributed by atoms with E-state index >= 15 is 0 Å². The van der Waals surface area contributed by atoms with Crippen LogP contribution in [0.15, 0.2) is 24.5 Å². The summed E-state index contributed by atoms with van der Waals surface area (Å²) in [6, 6.07) is 4.43. The summed E-state index contributed by atoms with van der Waals surface area (Å²) in [6.45, 7) is 1.32. The van der Waals surface area contributed by atoms with Gasteiger partial charge < -0.3 is 11.1 Å². The second kappa shape index (κ2) is 5.06. The van der Waals surface area contributed by atoms with Crippen LogP contribution in [0.1, 0.15) is 6.92 Å². The Morgan fingerprint density at radius 3 is 2.82 bits per heavy atom. The predicted molar refractivity (Wildman–Crippen MR) is 80.4 cm³/mol. The van der Waals surface area contributed by atoms with Gasteiger partial charge in [-0.2, -0.15) is 5.10 Å². The van der Waals surface area contributed by atoms with Crippen LogP contribution in [-0.2, 0) is 11.8 Å². The number of carbonyl (C=O) groups is 1. The molecule has 1 aromatic carbocycles. The fourth-order valence-corrected chi connectivity index (χ4v) is 2.26. The summed E-state index contributed by atoms with van der Waals surface area (Å²) >= 11 is 0. The zero-order chi connectivity index (χ0) is 15.9. The number of nitrogens with zero attached hydrogens (tertiary/aromatic N) is 4. The largest absolute Gasteiger partial charge is 0.383 e. The van der Waals surface area contributed by atoms with E-state index in [0.717, 1.165) is 0 Å². The Labute approximate surface area is 125 Å². The van der Waals surface area contributed by atoms with Crippen LogP contribution in [-0.4, -0.2) is 25.7 Å². The number of carbonyl (C=O) groups excluding carboxylic acids is 1. The number of hydrogen-bond donors (Lipinski definition) is 2. The molecule has 0 aliphatic rings. The Morgan fingerprint density at radius 1 is 1.36 bits per heavy atom. The Balaban J connectivity index is 2.16. The van der Waals surface area contributed by atoms with Gasteiger partial charge in [-0.25, -0.2) is 19.0 Å². The lowest BCUT2D eigenvalue weighted by Gasteiger charge is -2.05. The molecule has 8 heteroatoms. The van der Waals surface area contributed by atoms with Gasteiger partial charge in [0.05, 0.1) is 11.1 Å². The first-order chi connectivity index (χ1) is 10.5. The fraction of sp³-hybridized carbons (Fsp3) is 0.143. The van der Waals surface area contributed by atoms with Gasteiger partial charge in [-0.05, 0) is 12.1 Å². The molecule has 0 fully saturated rings. The topological polar surface area (TPSA) is 98.7 Å². The summed E-state index contributed by atoms with van der Waals surface area (Å²) in [5.74, 6) is -0.617. The highest BCUT2D eigenvalue weighted by atomic mass is 19.1. The minimum absolute atomic E-state index is 0.112. The van der Waals surface area contributed by atoms with Crippen molar-refractivity contribution in [3.63, 3.8) is 0 Å². The third kappa shape index (κ3) is 2.24. The summed E-state index contributed by atoms with van der Waals surface area (Å²) in [5.41, 5.74) is 7.58. The maximum absolute atomic E-state index is 14.1. The Hall–Kier alpha value is -3.03. The molecule has 3 aromatic rings. The molecular formula is C14H13FN6O. The van der Waals surface area contributed by atoms with E-state index in [2.05, 4.69) is 20.4 Å². The number of fused-ring (bicyclic) bond motifs is 1. The lowest BCUT2D eigenvalue weighted by atomic mass is 10.1. The number of aromatic nitrogens is 4. The van der Waals surface area contributed by atoms with Crippen molar-refractivity contribution in [1.29, 1.82) is 0 Å². The van der Waals surface area contributed by atoms with Gasteiger partial charge in [-0.15, -0.1) is 0 Å². The van der Waals surface area contributed by atoms with Crippen molar-refractivity contribution in [2.45, 2.75) is 6.92 Å². The Morgan fingerprint density at radius 2 is 2.14 bits per heavy atom. The van der Waals surface area contributed by atoms with Crippen LogP contribution in [0.5, 0.6) is 0 Å². The van der Waals surface area contributed by atoms with E-state index in [0.29, 0.717) is 22.3 Å². The highest BCUT2D eigenvalue weighted by Crippen LogP contribution is 2.31. The maximum Gasteiger partial charge on any atom is 0.221 e. The minimum atomic E-state index is -0.554. The fourth-order valence-electron chi connectivity index (χ4n) is 2.26. The summed E-state index contributed by atoms with van der Waals surface area (Å²) < 4.78 is 15.6. The van der Waals surface area contributed by atoms with Gasteiger partial charge in [-0.3, -0.25) is 4.79 Å². The number of benzene rings is 1. The smallest absolute Gasteiger partial charge is 0.221 e. The quantitative estimate of drug-likeness (QED) is 0.750. The van der Waals surface area contributed by atoms with Crippen molar-refractivity contribution in [3.8, 4) is 11.3 Å². The van der Waals surface area contributed by atoms with E-state index in [1.165, 1.54) is 25.4 Å². The second-order valence-electron chi connectivity index (χ2n) is 4.81. The third-order valence-corrected chi connectivity index (χ3v) is 3.20. The van der Waals surface area contributed by atoms with Crippen LogP contribution in [0, 0.1) is 5.82 Å². The third-order valence-electron chi connectivity index (χ3n) is 3.20. The first-order valence-corrected chi connectivity index (χ1v) is 6.48. The highest BCUT2D eigenvalue weighted by Gasteiger charge is 2.16. The number of nitrogens with one attached hydrogen (secondary N) is 1. The molecule has 3 rings (SSSR count). The second-order valence-corrected chi connectivity index (χ2v) is 4.81. The molecule has 0 atom stereocenters. The van der Waals surface area contributed by atoms with E-state index in [9.17, 15) is 9.18 Å². The summed E-state index contributed by atoms with van der Waals surface area (Å²) in [5, 5.41) is 7.32. The van der Waals surface area contributed by atoms with Crippen LogP contribution in [0.4, 0.5) is 15.9 Å². The van der Waals surface area contributed by atoms with E-state index in [1.807, 2.05) is 0 Å². The van der Waals surface area contributed by atoms with Gasteiger partial charge in [0.15, 0.2) is 5.65 Å². The van der Waals surface area contributed by atoms with Gasteiger partial charge in [0.2, 0.25) is 5.91 Å². The van der Waals surface area contributed by atoms with E-state index in [4.69, 9.17) is 5.73 Å². The van der Waals surface area contributed by atoms with Crippen molar-refractivity contribution < 1.29 is 9.18 Å². The molecule has 2 aromatic heterocycles. The van der Waals surface area contributed by atoms with Crippen LogP contribution in [0.25, 0.3) is 22.3 Å².